The molecule has 1 fully saturated rings. The van der Waals surface area contributed by atoms with Crippen LogP contribution < -0.4 is 0 Å². The molecule has 1 saturated carbocycles. The Morgan fingerprint density at radius 3 is 2.83 bits per heavy atom. The van der Waals surface area contributed by atoms with E-state index in [9.17, 15) is 22.4 Å². The van der Waals surface area contributed by atoms with Crippen molar-refractivity contribution in [2.24, 2.45) is 5.92 Å². The Kier molecular flexibility index (Phi) is 5.17. The summed E-state index contributed by atoms with van der Waals surface area (Å²) in [6.07, 6.45) is -0.0252. The van der Waals surface area contributed by atoms with Gasteiger partial charge in [-0.2, -0.15) is 13.2 Å². The molecule has 4 heterocycles. The predicted molar refractivity (Wildman–Crippen MR) is 117 cm³/mol. The van der Waals surface area contributed by atoms with Crippen LogP contribution in [-0.4, -0.2) is 37.3 Å². The molecule has 1 aliphatic carbocycles. The van der Waals surface area contributed by atoms with Gasteiger partial charge in [0, 0.05) is 25.1 Å². The number of alkyl halides is 3. The molecule has 35 heavy (non-hydrogen) atoms. The second-order valence-electron chi connectivity index (χ2n) is 8.82. The molecule has 1 N–H and O–H groups in total. The summed E-state index contributed by atoms with van der Waals surface area (Å²) in [6.45, 7) is 0.104. The molecule has 0 radical (unpaired) electrons. The minimum absolute atomic E-state index is 0.0938. The minimum Gasteiger partial charge on any atom is -0.435 e. The number of hydrogen-bond donors (Lipinski definition) is 1. The number of nitrogens with zero attached hydrogens (tertiary/aromatic N) is 4. The molecule has 2 aliphatic rings. The van der Waals surface area contributed by atoms with E-state index in [2.05, 4.69) is 19.9 Å². The zero-order chi connectivity index (χ0) is 24.3. The summed E-state index contributed by atoms with van der Waals surface area (Å²) in [5, 5.41) is 0.355. The fourth-order valence-corrected chi connectivity index (χ4v) is 5.57. The Bertz CT molecular complexity index is 1420. The maximum absolute atomic E-state index is 14.3. The smallest absolute Gasteiger partial charge is 0.435 e. The number of rotatable bonds is 5. The standard InChI is InChI=1S/C23H19F4N5O2S/c24-12-2-1-3-14-16(12)31-21(35-14)18-17-13(28-10-29-17)8-9-32(18)22(33)19-20(23(25,26)27)30-15(34-19)7-6-11-4-5-11/h1-3,10-11,18H,4-9H2,(H,28,29)/t18-/m0/s1. The van der Waals surface area contributed by atoms with Crippen LogP contribution in [0, 0.1) is 11.7 Å². The second kappa shape index (κ2) is 8.14. The third kappa shape index (κ3) is 3.99. The van der Waals surface area contributed by atoms with Crippen molar-refractivity contribution >= 4 is 27.5 Å². The first kappa shape index (κ1) is 22.2. The van der Waals surface area contributed by atoms with Crippen LogP contribution in [0.4, 0.5) is 17.6 Å². The summed E-state index contributed by atoms with van der Waals surface area (Å²) in [5.41, 5.74) is 0.0272. The van der Waals surface area contributed by atoms with E-state index in [0.29, 0.717) is 34.2 Å². The van der Waals surface area contributed by atoms with E-state index in [4.69, 9.17) is 4.42 Å². The maximum atomic E-state index is 14.3. The molecule has 1 amide bonds. The van der Waals surface area contributed by atoms with Gasteiger partial charge < -0.3 is 14.3 Å². The monoisotopic (exact) mass is 505 g/mol. The fraction of sp³-hybridized carbons (Fsp3) is 0.391. The van der Waals surface area contributed by atoms with Gasteiger partial charge in [-0.1, -0.05) is 18.9 Å². The van der Waals surface area contributed by atoms with Crippen molar-refractivity contribution in [2.45, 2.75) is 44.3 Å². The van der Waals surface area contributed by atoms with Crippen molar-refractivity contribution < 1.29 is 26.8 Å². The zero-order valence-electron chi connectivity index (χ0n) is 18.2. The largest absolute Gasteiger partial charge is 0.437 e. The van der Waals surface area contributed by atoms with Crippen LogP contribution in [0.1, 0.15) is 63.8 Å². The van der Waals surface area contributed by atoms with Gasteiger partial charge in [0.25, 0.3) is 5.91 Å². The fourth-order valence-electron chi connectivity index (χ4n) is 4.47. The first-order valence-corrected chi connectivity index (χ1v) is 12.1. The number of thiazole rings is 1. The van der Waals surface area contributed by atoms with Crippen molar-refractivity contribution in [3.05, 3.63) is 64.1 Å². The number of halogens is 4. The van der Waals surface area contributed by atoms with Crippen molar-refractivity contribution in [1.82, 2.24) is 24.8 Å². The number of fused-ring (bicyclic) bond motifs is 2. The van der Waals surface area contributed by atoms with Crippen molar-refractivity contribution in [3.8, 4) is 0 Å². The van der Waals surface area contributed by atoms with E-state index < -0.39 is 35.4 Å². The Hall–Kier alpha value is -3.28. The number of carbonyl (C=O) groups excluding carboxylic acids is 1. The topological polar surface area (TPSA) is 87.9 Å². The Morgan fingerprint density at radius 2 is 2.09 bits per heavy atom. The predicted octanol–water partition coefficient (Wildman–Crippen LogP) is 5.30. The van der Waals surface area contributed by atoms with E-state index in [0.717, 1.165) is 18.5 Å². The van der Waals surface area contributed by atoms with Gasteiger partial charge in [0.05, 0.1) is 16.7 Å². The summed E-state index contributed by atoms with van der Waals surface area (Å²) in [4.78, 5) is 30.2. The van der Waals surface area contributed by atoms with Gasteiger partial charge in [-0.25, -0.2) is 19.3 Å². The number of benzene rings is 1. The molecule has 0 spiro atoms. The molecule has 1 aliphatic heterocycles. The molecule has 1 atom stereocenters. The number of nitrogens with one attached hydrogen (secondary N) is 1. The molecule has 0 bridgehead atoms. The number of carbonyl (C=O) groups is 1. The van der Waals surface area contributed by atoms with Gasteiger partial charge in [-0.3, -0.25) is 4.79 Å². The summed E-state index contributed by atoms with van der Waals surface area (Å²) in [7, 11) is 0. The summed E-state index contributed by atoms with van der Waals surface area (Å²) >= 11 is 1.17. The van der Waals surface area contributed by atoms with Gasteiger partial charge in [0.15, 0.2) is 11.6 Å². The molecule has 0 saturated heterocycles. The lowest BCUT2D eigenvalue weighted by Crippen LogP contribution is -2.41. The number of aromatic amines is 1. The van der Waals surface area contributed by atoms with Crippen LogP contribution in [0.3, 0.4) is 0 Å². The average molecular weight is 505 g/mol. The maximum Gasteiger partial charge on any atom is 0.437 e. The van der Waals surface area contributed by atoms with E-state index in [1.54, 1.807) is 12.1 Å². The molecule has 0 unspecified atom stereocenters. The van der Waals surface area contributed by atoms with E-state index in [1.165, 1.54) is 28.6 Å². The van der Waals surface area contributed by atoms with Crippen molar-refractivity contribution in [1.29, 1.82) is 0 Å². The number of amides is 1. The molecular weight excluding hydrogens is 486 g/mol. The number of hydrogen-bond acceptors (Lipinski definition) is 6. The van der Waals surface area contributed by atoms with Gasteiger partial charge >= 0.3 is 6.18 Å². The number of imidazole rings is 1. The third-order valence-electron chi connectivity index (χ3n) is 6.40. The van der Waals surface area contributed by atoms with Crippen molar-refractivity contribution in [2.75, 3.05) is 6.54 Å². The number of aryl methyl sites for hydroxylation is 1. The summed E-state index contributed by atoms with van der Waals surface area (Å²) in [6, 6.07) is 3.64. The Labute approximate surface area is 200 Å². The molecule has 1 aromatic carbocycles. The second-order valence-corrected chi connectivity index (χ2v) is 9.88. The Morgan fingerprint density at radius 1 is 1.26 bits per heavy atom. The third-order valence-corrected chi connectivity index (χ3v) is 7.48. The molecule has 182 valence electrons. The molecule has 4 aromatic rings. The van der Waals surface area contributed by atoms with Crippen LogP contribution >= 0.6 is 11.3 Å². The highest BCUT2D eigenvalue weighted by Gasteiger charge is 2.45. The highest BCUT2D eigenvalue weighted by atomic mass is 32.1. The minimum atomic E-state index is -4.85. The van der Waals surface area contributed by atoms with Gasteiger partial charge in [0.2, 0.25) is 5.76 Å². The first-order chi connectivity index (χ1) is 16.8. The van der Waals surface area contributed by atoms with Crippen LogP contribution in [0.15, 0.2) is 28.9 Å². The van der Waals surface area contributed by atoms with Gasteiger partial charge in [-0.15, -0.1) is 11.3 Å². The lowest BCUT2D eigenvalue weighted by Gasteiger charge is -2.33. The highest BCUT2D eigenvalue weighted by Crippen LogP contribution is 2.41. The van der Waals surface area contributed by atoms with Crippen LogP contribution in [-0.2, 0) is 19.0 Å². The van der Waals surface area contributed by atoms with Crippen molar-refractivity contribution in [3.63, 3.8) is 0 Å². The van der Waals surface area contributed by atoms with E-state index in [1.807, 2.05) is 0 Å². The summed E-state index contributed by atoms with van der Waals surface area (Å²) in [5.74, 6) is -1.92. The quantitative estimate of drug-likeness (QED) is 0.372. The van der Waals surface area contributed by atoms with Crippen LogP contribution in [0.25, 0.3) is 10.2 Å². The SMILES string of the molecule is O=C(c1oc(CCC2CC2)nc1C(F)(F)F)N1CCc2[nH]cnc2[C@H]1c1nc2c(F)cccc2s1. The number of para-hydroxylation sites is 1. The zero-order valence-corrected chi connectivity index (χ0v) is 19.0. The van der Waals surface area contributed by atoms with Gasteiger partial charge in [-0.05, 0) is 24.5 Å². The summed E-state index contributed by atoms with van der Waals surface area (Å²) < 4.78 is 61.8. The van der Waals surface area contributed by atoms with Crippen LogP contribution in [0.2, 0.25) is 0 Å². The molecular formula is C23H19F4N5O2S. The lowest BCUT2D eigenvalue weighted by atomic mass is 10.0. The lowest BCUT2D eigenvalue weighted by molar-refractivity contribution is -0.141. The number of H-pyrrole nitrogens is 1. The molecule has 7 nitrogen and oxygen atoms in total. The highest BCUT2D eigenvalue weighted by molar-refractivity contribution is 7.18. The normalized spacial score (nSPS) is 18.3. The van der Waals surface area contributed by atoms with E-state index in [-0.39, 0.29) is 24.4 Å². The first-order valence-electron chi connectivity index (χ1n) is 11.2. The molecule has 12 heteroatoms. The van der Waals surface area contributed by atoms with Crippen LogP contribution in [0.5, 0.6) is 0 Å². The average Bonchev–Trinajstić information content (AvgIpc) is 3.21. The molecule has 6 rings (SSSR count). The number of aromatic nitrogens is 4. The van der Waals surface area contributed by atoms with E-state index >= 15 is 0 Å². The molecule has 3 aromatic heterocycles. The van der Waals surface area contributed by atoms with Gasteiger partial charge in [0.1, 0.15) is 22.4 Å². The number of oxazole rings is 1. The Balaban J connectivity index is 1.41.